The van der Waals surface area contributed by atoms with E-state index in [-0.39, 0.29) is 5.82 Å². The second-order valence-electron chi connectivity index (χ2n) is 3.16. The number of hydrogen-bond donors (Lipinski definition) is 1. The molecule has 0 bridgehead atoms. The molecule has 0 unspecified atom stereocenters. The number of hydrogen-bond acceptors (Lipinski definition) is 3. The average Bonchev–Trinajstić information content (AvgIpc) is 2.33. The van der Waals surface area contributed by atoms with Gasteiger partial charge in [-0.05, 0) is 42.0 Å². The molecule has 1 aromatic carbocycles. The van der Waals surface area contributed by atoms with Crippen LogP contribution < -0.4 is 5.43 Å². The molecule has 0 atom stereocenters. The molecule has 2 rings (SSSR count). The Hall–Kier alpha value is -2.23. The molecule has 0 amide bonds. The minimum Gasteiger partial charge on any atom is -0.279 e. The van der Waals surface area contributed by atoms with Gasteiger partial charge in [0.2, 0.25) is 0 Å². The summed E-state index contributed by atoms with van der Waals surface area (Å²) >= 11 is 0. The summed E-state index contributed by atoms with van der Waals surface area (Å²) in [7, 11) is 0. The van der Waals surface area contributed by atoms with Crippen molar-refractivity contribution in [3.63, 3.8) is 0 Å². The van der Waals surface area contributed by atoms with E-state index in [2.05, 4.69) is 15.5 Å². The molecule has 0 aliphatic heterocycles. The molecule has 0 spiro atoms. The Morgan fingerprint density at radius 3 is 2.44 bits per heavy atom. The topological polar surface area (TPSA) is 37.3 Å². The highest BCUT2D eigenvalue weighted by atomic mass is 19.1. The Bertz CT molecular complexity index is 465. The second kappa shape index (κ2) is 5.02. The van der Waals surface area contributed by atoms with Crippen molar-refractivity contribution >= 4 is 11.9 Å². The predicted octanol–water partition coefficient (Wildman–Crippen LogP) is 2.67. The number of anilines is 1. The molecule has 0 aliphatic rings. The number of halogens is 1. The highest BCUT2D eigenvalue weighted by Crippen LogP contribution is 2.07. The third kappa shape index (κ3) is 2.88. The van der Waals surface area contributed by atoms with E-state index in [4.69, 9.17) is 0 Å². The van der Waals surface area contributed by atoms with Crippen LogP contribution in [0.1, 0.15) is 5.56 Å². The highest BCUT2D eigenvalue weighted by molar-refractivity contribution is 5.79. The lowest BCUT2D eigenvalue weighted by Crippen LogP contribution is -1.90. The lowest BCUT2D eigenvalue weighted by Gasteiger charge is -1.98. The summed E-state index contributed by atoms with van der Waals surface area (Å²) in [6, 6.07) is 9.69. The maximum absolute atomic E-state index is 12.6. The minimum absolute atomic E-state index is 0.260. The Morgan fingerprint density at radius 1 is 1.06 bits per heavy atom. The van der Waals surface area contributed by atoms with Gasteiger partial charge in [0.15, 0.2) is 0 Å². The lowest BCUT2D eigenvalue weighted by atomic mass is 10.3. The number of hydrazone groups is 1. The summed E-state index contributed by atoms with van der Waals surface area (Å²) in [4.78, 5) is 3.90. The normalized spacial score (nSPS) is 10.6. The molecule has 1 heterocycles. The highest BCUT2D eigenvalue weighted by Gasteiger charge is 1.90. The number of rotatable bonds is 3. The van der Waals surface area contributed by atoms with Crippen molar-refractivity contribution in [3.8, 4) is 0 Å². The largest absolute Gasteiger partial charge is 0.279 e. The first kappa shape index (κ1) is 10.3. The zero-order chi connectivity index (χ0) is 11.2. The van der Waals surface area contributed by atoms with Crippen molar-refractivity contribution < 1.29 is 4.39 Å². The fourth-order valence-electron chi connectivity index (χ4n) is 1.16. The SMILES string of the molecule is Fc1ccc(NN=Cc2ccncc2)cc1. The number of nitrogens with one attached hydrogen (secondary N) is 1. The van der Waals surface area contributed by atoms with Crippen LogP contribution in [0.5, 0.6) is 0 Å². The number of pyridine rings is 1. The van der Waals surface area contributed by atoms with Gasteiger partial charge in [-0.1, -0.05) is 0 Å². The maximum Gasteiger partial charge on any atom is 0.123 e. The van der Waals surface area contributed by atoms with E-state index in [1.54, 1.807) is 30.7 Å². The summed E-state index contributed by atoms with van der Waals surface area (Å²) < 4.78 is 12.6. The van der Waals surface area contributed by atoms with Gasteiger partial charge in [0, 0.05) is 12.4 Å². The van der Waals surface area contributed by atoms with Crippen LogP contribution in [0.3, 0.4) is 0 Å². The molecule has 0 radical (unpaired) electrons. The van der Waals surface area contributed by atoms with Gasteiger partial charge in [-0.3, -0.25) is 10.4 Å². The van der Waals surface area contributed by atoms with Crippen molar-refractivity contribution in [2.24, 2.45) is 5.10 Å². The molecule has 2 aromatic rings. The van der Waals surface area contributed by atoms with E-state index in [1.807, 2.05) is 12.1 Å². The smallest absolute Gasteiger partial charge is 0.123 e. The fraction of sp³-hybridized carbons (Fsp3) is 0. The van der Waals surface area contributed by atoms with E-state index in [0.717, 1.165) is 11.3 Å². The Balaban J connectivity index is 1.97. The summed E-state index contributed by atoms with van der Waals surface area (Å²) in [5.41, 5.74) is 4.49. The summed E-state index contributed by atoms with van der Waals surface area (Å²) in [6.45, 7) is 0. The van der Waals surface area contributed by atoms with Crippen molar-refractivity contribution in [2.45, 2.75) is 0 Å². The van der Waals surface area contributed by atoms with E-state index < -0.39 is 0 Å². The summed E-state index contributed by atoms with van der Waals surface area (Å²) in [5.74, 6) is -0.260. The molecular formula is C12H10FN3. The van der Waals surface area contributed by atoms with E-state index in [0.29, 0.717) is 0 Å². The number of benzene rings is 1. The Morgan fingerprint density at radius 2 is 1.75 bits per heavy atom. The molecule has 0 fully saturated rings. The van der Waals surface area contributed by atoms with Gasteiger partial charge in [-0.2, -0.15) is 5.10 Å². The zero-order valence-corrected chi connectivity index (χ0v) is 8.47. The van der Waals surface area contributed by atoms with Gasteiger partial charge in [-0.15, -0.1) is 0 Å². The number of nitrogens with zero attached hydrogens (tertiary/aromatic N) is 2. The molecule has 0 saturated heterocycles. The second-order valence-corrected chi connectivity index (χ2v) is 3.16. The molecule has 1 aromatic heterocycles. The van der Waals surface area contributed by atoms with Crippen molar-refractivity contribution in [1.82, 2.24) is 4.98 Å². The standard InChI is InChI=1S/C12H10FN3/c13-11-1-3-12(4-2-11)16-15-9-10-5-7-14-8-6-10/h1-9,16H. The van der Waals surface area contributed by atoms with Gasteiger partial charge < -0.3 is 0 Å². The molecule has 1 N–H and O–H groups in total. The van der Waals surface area contributed by atoms with Gasteiger partial charge in [-0.25, -0.2) is 4.39 Å². The summed E-state index contributed by atoms with van der Waals surface area (Å²) in [5, 5.41) is 4.02. The van der Waals surface area contributed by atoms with Crippen LogP contribution >= 0.6 is 0 Å². The first-order valence-corrected chi connectivity index (χ1v) is 4.79. The first-order chi connectivity index (χ1) is 7.84. The van der Waals surface area contributed by atoms with Crippen LogP contribution in [0.25, 0.3) is 0 Å². The van der Waals surface area contributed by atoms with E-state index >= 15 is 0 Å². The van der Waals surface area contributed by atoms with Gasteiger partial charge in [0.1, 0.15) is 5.82 Å². The van der Waals surface area contributed by atoms with Gasteiger partial charge in [0.05, 0.1) is 11.9 Å². The lowest BCUT2D eigenvalue weighted by molar-refractivity contribution is 0.628. The monoisotopic (exact) mass is 215 g/mol. The summed E-state index contributed by atoms with van der Waals surface area (Å²) in [6.07, 6.45) is 5.06. The van der Waals surface area contributed by atoms with Crippen molar-refractivity contribution in [1.29, 1.82) is 0 Å². The van der Waals surface area contributed by atoms with Crippen LogP contribution in [0.2, 0.25) is 0 Å². The Labute approximate surface area is 92.7 Å². The molecule has 4 heteroatoms. The van der Waals surface area contributed by atoms with E-state index in [9.17, 15) is 4.39 Å². The van der Waals surface area contributed by atoms with Crippen molar-refractivity contribution in [3.05, 3.63) is 60.2 Å². The van der Waals surface area contributed by atoms with Crippen molar-refractivity contribution in [2.75, 3.05) is 5.43 Å². The van der Waals surface area contributed by atoms with Crippen LogP contribution in [0.15, 0.2) is 53.9 Å². The number of aromatic nitrogens is 1. The van der Waals surface area contributed by atoms with Gasteiger partial charge >= 0.3 is 0 Å². The molecule has 0 saturated carbocycles. The average molecular weight is 215 g/mol. The third-order valence-electron chi connectivity index (χ3n) is 1.96. The Kier molecular flexibility index (Phi) is 3.23. The molecule has 3 nitrogen and oxygen atoms in total. The molecule has 80 valence electrons. The fourth-order valence-corrected chi connectivity index (χ4v) is 1.16. The third-order valence-corrected chi connectivity index (χ3v) is 1.96. The minimum atomic E-state index is -0.260. The predicted molar refractivity (Wildman–Crippen MR) is 61.9 cm³/mol. The maximum atomic E-state index is 12.6. The molecule has 16 heavy (non-hydrogen) atoms. The zero-order valence-electron chi connectivity index (χ0n) is 8.47. The van der Waals surface area contributed by atoms with Crippen LogP contribution in [0.4, 0.5) is 10.1 Å². The quantitative estimate of drug-likeness (QED) is 0.631. The molecular weight excluding hydrogens is 205 g/mol. The first-order valence-electron chi connectivity index (χ1n) is 4.79. The van der Waals surface area contributed by atoms with Gasteiger partial charge in [0.25, 0.3) is 0 Å². The molecule has 0 aliphatic carbocycles. The van der Waals surface area contributed by atoms with E-state index in [1.165, 1.54) is 12.1 Å². The van der Waals surface area contributed by atoms with Crippen LogP contribution in [-0.4, -0.2) is 11.2 Å². The van der Waals surface area contributed by atoms with Crippen LogP contribution in [0, 0.1) is 5.82 Å². The van der Waals surface area contributed by atoms with Crippen LogP contribution in [-0.2, 0) is 0 Å².